The van der Waals surface area contributed by atoms with Gasteiger partial charge in [0.2, 0.25) is 0 Å². The number of fused-ring (bicyclic) bond motifs is 1. The Morgan fingerprint density at radius 1 is 1.12 bits per heavy atom. The van der Waals surface area contributed by atoms with E-state index < -0.39 is 0 Å². The molecule has 0 atom stereocenters. The van der Waals surface area contributed by atoms with Gasteiger partial charge in [-0.1, -0.05) is 19.4 Å². The van der Waals surface area contributed by atoms with E-state index in [0.717, 1.165) is 47.9 Å². The first kappa shape index (κ1) is 15.4. The van der Waals surface area contributed by atoms with Crippen LogP contribution in [0, 0.1) is 0 Å². The molecule has 0 aliphatic heterocycles. The van der Waals surface area contributed by atoms with Gasteiger partial charge in [0.25, 0.3) is 0 Å². The van der Waals surface area contributed by atoms with Gasteiger partial charge in [-0.15, -0.1) is 0 Å². The van der Waals surface area contributed by atoms with Crippen LogP contribution in [0.25, 0.3) is 17.2 Å². The van der Waals surface area contributed by atoms with Crippen molar-refractivity contribution in [2.75, 3.05) is 0 Å². The van der Waals surface area contributed by atoms with E-state index in [4.69, 9.17) is 10.1 Å². The summed E-state index contributed by atoms with van der Waals surface area (Å²) >= 11 is 0. The third-order valence-corrected chi connectivity index (χ3v) is 3.99. The minimum absolute atomic E-state index is 0.658. The van der Waals surface area contributed by atoms with Crippen LogP contribution < -0.4 is 0 Å². The number of hydrogen-bond acceptors (Lipinski definition) is 5. The van der Waals surface area contributed by atoms with Crippen LogP contribution in [0.3, 0.4) is 0 Å². The van der Waals surface area contributed by atoms with Gasteiger partial charge in [-0.25, -0.2) is 19.2 Å². The number of aryl methyl sites for hydroxylation is 1. The number of rotatable bonds is 6. The van der Waals surface area contributed by atoms with E-state index in [1.54, 1.807) is 16.9 Å². The van der Waals surface area contributed by atoms with E-state index in [2.05, 4.69) is 22.0 Å². The van der Waals surface area contributed by atoms with Gasteiger partial charge in [-0.2, -0.15) is 10.2 Å². The van der Waals surface area contributed by atoms with Crippen LogP contribution in [0.2, 0.25) is 0 Å². The number of pyridine rings is 1. The predicted molar refractivity (Wildman–Crippen MR) is 94.0 cm³/mol. The summed E-state index contributed by atoms with van der Waals surface area (Å²) in [4.78, 5) is 13.2. The predicted octanol–water partition coefficient (Wildman–Crippen LogP) is 2.77. The molecule has 0 saturated heterocycles. The molecule has 0 bridgehead atoms. The van der Waals surface area contributed by atoms with Crippen LogP contribution in [0.15, 0.2) is 49.1 Å². The lowest BCUT2D eigenvalue weighted by atomic mass is 10.2. The van der Waals surface area contributed by atoms with E-state index in [9.17, 15) is 0 Å². The van der Waals surface area contributed by atoms with Crippen molar-refractivity contribution in [1.82, 2.24) is 34.3 Å². The maximum atomic E-state index is 4.74. The highest BCUT2D eigenvalue weighted by Crippen LogP contribution is 2.19. The van der Waals surface area contributed by atoms with E-state index in [0.29, 0.717) is 6.42 Å². The van der Waals surface area contributed by atoms with Crippen LogP contribution in [-0.4, -0.2) is 34.3 Å². The summed E-state index contributed by atoms with van der Waals surface area (Å²) in [6, 6.07) is 7.77. The van der Waals surface area contributed by atoms with Crippen molar-refractivity contribution in [3.05, 3.63) is 60.4 Å². The lowest BCUT2D eigenvalue weighted by Crippen LogP contribution is -2.03. The molecule has 7 nitrogen and oxygen atoms in total. The normalized spacial score (nSPS) is 11.2. The van der Waals surface area contributed by atoms with Crippen LogP contribution >= 0.6 is 0 Å². The van der Waals surface area contributed by atoms with E-state index in [1.807, 2.05) is 41.3 Å². The molecular formula is C18H19N7. The van der Waals surface area contributed by atoms with Crippen LogP contribution in [0.1, 0.15) is 31.2 Å². The van der Waals surface area contributed by atoms with Crippen molar-refractivity contribution in [2.45, 2.75) is 32.7 Å². The second-order valence-electron chi connectivity index (χ2n) is 5.92. The molecule has 7 heteroatoms. The Labute approximate surface area is 145 Å². The molecule has 126 valence electrons. The van der Waals surface area contributed by atoms with Gasteiger partial charge in [0.15, 0.2) is 17.3 Å². The molecular weight excluding hydrogens is 314 g/mol. The van der Waals surface area contributed by atoms with E-state index >= 15 is 0 Å². The van der Waals surface area contributed by atoms with Gasteiger partial charge in [-0.05, 0) is 24.1 Å². The van der Waals surface area contributed by atoms with Gasteiger partial charge in [0.1, 0.15) is 5.69 Å². The second kappa shape index (κ2) is 6.80. The Morgan fingerprint density at radius 3 is 2.88 bits per heavy atom. The molecule has 0 N–H and O–H groups in total. The monoisotopic (exact) mass is 333 g/mol. The Bertz CT molecular complexity index is 938. The molecule has 4 rings (SSSR count). The topological polar surface area (TPSA) is 73.8 Å². The third-order valence-electron chi connectivity index (χ3n) is 3.99. The Hall–Kier alpha value is -3.09. The summed E-state index contributed by atoms with van der Waals surface area (Å²) in [5.41, 5.74) is 2.69. The summed E-state index contributed by atoms with van der Waals surface area (Å²) in [6.45, 7) is 3.00. The zero-order chi connectivity index (χ0) is 17.1. The maximum absolute atomic E-state index is 4.74. The fraction of sp³-hybridized carbons (Fsp3) is 0.278. The van der Waals surface area contributed by atoms with Gasteiger partial charge in [0.05, 0.1) is 0 Å². The zero-order valence-electron chi connectivity index (χ0n) is 14.1. The van der Waals surface area contributed by atoms with Crippen molar-refractivity contribution in [2.24, 2.45) is 0 Å². The van der Waals surface area contributed by atoms with Crippen molar-refractivity contribution in [3.8, 4) is 11.5 Å². The average molecular weight is 333 g/mol. The van der Waals surface area contributed by atoms with Crippen molar-refractivity contribution in [3.63, 3.8) is 0 Å². The molecule has 0 radical (unpaired) electrons. The molecule has 4 aromatic heterocycles. The lowest BCUT2D eigenvalue weighted by molar-refractivity contribution is 0.570. The number of aromatic nitrogens is 7. The summed E-state index contributed by atoms with van der Waals surface area (Å²) in [7, 11) is 0. The van der Waals surface area contributed by atoms with Gasteiger partial charge in [0, 0.05) is 43.8 Å². The number of hydrogen-bond donors (Lipinski definition) is 0. The molecule has 4 heterocycles. The molecule has 0 aromatic carbocycles. The van der Waals surface area contributed by atoms with Crippen molar-refractivity contribution < 1.29 is 0 Å². The highest BCUT2D eigenvalue weighted by Gasteiger charge is 2.15. The smallest absolute Gasteiger partial charge is 0.179 e. The first-order valence-corrected chi connectivity index (χ1v) is 8.47. The maximum Gasteiger partial charge on any atom is 0.179 e. The summed E-state index contributed by atoms with van der Waals surface area (Å²) < 4.78 is 3.71. The van der Waals surface area contributed by atoms with E-state index in [-0.39, 0.29) is 0 Å². The first-order valence-electron chi connectivity index (χ1n) is 8.47. The average Bonchev–Trinajstić information content (AvgIpc) is 3.24. The molecule has 0 unspecified atom stereocenters. The number of unbranched alkanes of at least 4 members (excludes halogenated alkanes) is 1. The molecule has 0 amide bonds. The Kier molecular flexibility index (Phi) is 4.20. The molecule has 0 spiro atoms. The molecule has 25 heavy (non-hydrogen) atoms. The largest absolute Gasteiger partial charge is 0.264 e. The quantitative estimate of drug-likeness (QED) is 0.542. The fourth-order valence-corrected chi connectivity index (χ4v) is 2.74. The SMILES string of the molecule is CCCCn1nc(Cc2cccnc2)nc1-c1cc2ncccn2n1. The second-order valence-corrected chi connectivity index (χ2v) is 5.92. The molecule has 0 aliphatic carbocycles. The van der Waals surface area contributed by atoms with Crippen LogP contribution in [0.5, 0.6) is 0 Å². The van der Waals surface area contributed by atoms with Crippen LogP contribution in [0.4, 0.5) is 0 Å². The lowest BCUT2D eigenvalue weighted by Gasteiger charge is -2.01. The third kappa shape index (κ3) is 3.26. The highest BCUT2D eigenvalue weighted by molar-refractivity contribution is 5.57. The van der Waals surface area contributed by atoms with Crippen molar-refractivity contribution in [1.29, 1.82) is 0 Å². The molecule has 0 aliphatic rings. The minimum Gasteiger partial charge on any atom is -0.264 e. The van der Waals surface area contributed by atoms with Crippen molar-refractivity contribution >= 4 is 5.65 Å². The Morgan fingerprint density at radius 2 is 2.08 bits per heavy atom. The van der Waals surface area contributed by atoms with E-state index in [1.165, 1.54) is 0 Å². The van der Waals surface area contributed by atoms with Gasteiger partial charge < -0.3 is 0 Å². The molecule has 0 fully saturated rings. The summed E-state index contributed by atoms with van der Waals surface area (Å²) in [6.07, 6.45) is 10.1. The summed E-state index contributed by atoms with van der Waals surface area (Å²) in [5.74, 6) is 1.57. The number of nitrogens with zero attached hydrogens (tertiary/aromatic N) is 7. The molecule has 0 saturated carbocycles. The van der Waals surface area contributed by atoms with Gasteiger partial charge in [-0.3, -0.25) is 4.98 Å². The molecule has 4 aromatic rings. The van der Waals surface area contributed by atoms with Gasteiger partial charge >= 0.3 is 0 Å². The Balaban J connectivity index is 1.71. The zero-order valence-corrected chi connectivity index (χ0v) is 14.1. The standard InChI is InChI=1S/C18H19N7/c1-2-3-9-25-18(15-12-17-20-8-5-10-24(17)22-15)21-16(23-25)11-14-6-4-7-19-13-14/h4-8,10,12-13H,2-3,9,11H2,1H3. The minimum atomic E-state index is 0.658. The first-order chi connectivity index (χ1) is 12.3. The highest BCUT2D eigenvalue weighted by atomic mass is 15.4. The summed E-state index contributed by atoms with van der Waals surface area (Å²) in [5, 5.41) is 9.29. The van der Waals surface area contributed by atoms with Crippen LogP contribution in [-0.2, 0) is 13.0 Å². The fourth-order valence-electron chi connectivity index (χ4n) is 2.74.